The first kappa shape index (κ1) is 33.1. The molecule has 0 radical (unpaired) electrons. The highest BCUT2D eigenvalue weighted by molar-refractivity contribution is 7.22. The second-order valence-electron chi connectivity index (χ2n) is 14.3. The van der Waals surface area contributed by atoms with Crippen LogP contribution in [0.1, 0.15) is 0 Å². The lowest BCUT2D eigenvalue weighted by molar-refractivity contribution is 0.669. The van der Waals surface area contributed by atoms with Gasteiger partial charge in [0.25, 0.3) is 0 Å². The van der Waals surface area contributed by atoms with Crippen molar-refractivity contribution in [2.45, 2.75) is 0 Å². The molecular formula is C53H34N2OS. The van der Waals surface area contributed by atoms with Crippen molar-refractivity contribution >= 4 is 71.3 Å². The number of benzene rings is 9. The molecule has 0 aliphatic rings. The van der Waals surface area contributed by atoms with Crippen LogP contribution >= 0.6 is 11.3 Å². The first-order valence-electron chi connectivity index (χ1n) is 19.2. The number of aromatic nitrogens is 1. The van der Waals surface area contributed by atoms with Gasteiger partial charge >= 0.3 is 0 Å². The Morgan fingerprint density at radius 1 is 0.421 bits per heavy atom. The lowest BCUT2D eigenvalue weighted by Crippen LogP contribution is -2.11. The summed E-state index contributed by atoms with van der Waals surface area (Å²) in [6.45, 7) is 0. The van der Waals surface area contributed by atoms with E-state index in [1.165, 1.54) is 33.0 Å². The maximum atomic E-state index is 6.40. The minimum atomic E-state index is 0.877. The molecule has 0 saturated carbocycles. The van der Waals surface area contributed by atoms with Crippen LogP contribution in [0.4, 0.5) is 17.1 Å². The van der Waals surface area contributed by atoms with Crippen LogP contribution in [0.5, 0.6) is 0 Å². The molecule has 57 heavy (non-hydrogen) atoms. The summed E-state index contributed by atoms with van der Waals surface area (Å²) in [5.74, 6) is 0. The Hall–Kier alpha value is -7.27. The van der Waals surface area contributed by atoms with Crippen LogP contribution in [0.15, 0.2) is 211 Å². The monoisotopic (exact) mass is 746 g/mol. The Kier molecular flexibility index (Phi) is 8.01. The Balaban J connectivity index is 1.02. The maximum Gasteiger partial charge on any atom is 0.137 e. The fraction of sp³-hybridized carbons (Fsp3) is 0. The molecule has 268 valence electrons. The highest BCUT2D eigenvalue weighted by Gasteiger charge is 2.20. The van der Waals surface area contributed by atoms with Gasteiger partial charge in [-0.2, -0.15) is 0 Å². The van der Waals surface area contributed by atoms with Crippen LogP contribution in [0.3, 0.4) is 0 Å². The average molecular weight is 747 g/mol. The van der Waals surface area contributed by atoms with E-state index in [-0.39, 0.29) is 0 Å². The lowest BCUT2D eigenvalue weighted by Gasteiger charge is -2.28. The SMILES string of the molecule is c1ccc(-c2ccc(N(c3ccc(-c4ccc5oc6ccc7nc(-c8ccccc8)sc7c6c5c4)cc3)c3ccccc3-c3cccc4ccccc34)cc2)cc1. The van der Waals surface area contributed by atoms with Crippen molar-refractivity contribution in [3.05, 3.63) is 206 Å². The molecule has 0 bridgehead atoms. The van der Waals surface area contributed by atoms with Gasteiger partial charge in [-0.1, -0.05) is 152 Å². The summed E-state index contributed by atoms with van der Waals surface area (Å²) >= 11 is 1.72. The van der Waals surface area contributed by atoms with Crippen LogP contribution in [0.2, 0.25) is 0 Å². The number of para-hydroxylation sites is 1. The zero-order chi connectivity index (χ0) is 37.7. The quantitative estimate of drug-likeness (QED) is 0.163. The molecule has 0 amide bonds. The van der Waals surface area contributed by atoms with Gasteiger partial charge < -0.3 is 9.32 Å². The van der Waals surface area contributed by atoms with Crippen molar-refractivity contribution in [1.82, 2.24) is 4.98 Å². The number of hydrogen-bond donors (Lipinski definition) is 0. The summed E-state index contributed by atoms with van der Waals surface area (Å²) in [4.78, 5) is 7.39. The molecule has 3 nitrogen and oxygen atoms in total. The van der Waals surface area contributed by atoms with Crippen LogP contribution in [-0.4, -0.2) is 4.98 Å². The van der Waals surface area contributed by atoms with Crippen molar-refractivity contribution < 1.29 is 4.42 Å². The van der Waals surface area contributed by atoms with Crippen molar-refractivity contribution in [2.24, 2.45) is 0 Å². The molecule has 0 aliphatic heterocycles. The van der Waals surface area contributed by atoms with Gasteiger partial charge in [0.05, 0.1) is 15.9 Å². The Labute approximate surface area is 334 Å². The van der Waals surface area contributed by atoms with Crippen LogP contribution in [-0.2, 0) is 0 Å². The minimum Gasteiger partial charge on any atom is -0.456 e. The van der Waals surface area contributed by atoms with Gasteiger partial charge in [-0.25, -0.2) is 4.98 Å². The number of rotatable bonds is 7. The van der Waals surface area contributed by atoms with E-state index in [1.54, 1.807) is 11.3 Å². The van der Waals surface area contributed by atoms with Crippen molar-refractivity contribution in [3.8, 4) is 44.0 Å². The molecule has 2 aromatic heterocycles. The largest absolute Gasteiger partial charge is 0.456 e. The summed E-state index contributed by atoms with van der Waals surface area (Å²) in [6.07, 6.45) is 0. The molecule has 0 N–H and O–H groups in total. The van der Waals surface area contributed by atoms with E-state index in [0.717, 1.165) is 70.9 Å². The molecule has 11 aromatic rings. The van der Waals surface area contributed by atoms with Gasteiger partial charge in [-0.05, 0) is 93.2 Å². The first-order chi connectivity index (χ1) is 28.2. The second kappa shape index (κ2) is 13.8. The van der Waals surface area contributed by atoms with Crippen molar-refractivity contribution in [3.63, 3.8) is 0 Å². The maximum absolute atomic E-state index is 6.40. The van der Waals surface area contributed by atoms with Crippen LogP contribution in [0, 0.1) is 0 Å². The molecule has 2 heterocycles. The molecule has 0 atom stereocenters. The summed E-state index contributed by atoms with van der Waals surface area (Å²) in [6, 6.07) is 73.4. The number of hydrogen-bond acceptors (Lipinski definition) is 4. The predicted octanol–water partition coefficient (Wildman–Crippen LogP) is 15.5. The Morgan fingerprint density at radius 3 is 1.77 bits per heavy atom. The van der Waals surface area contributed by atoms with Gasteiger partial charge in [0.15, 0.2) is 0 Å². The third-order valence-electron chi connectivity index (χ3n) is 10.9. The van der Waals surface area contributed by atoms with Gasteiger partial charge in [-0.3, -0.25) is 0 Å². The Morgan fingerprint density at radius 2 is 1.00 bits per heavy atom. The molecule has 0 saturated heterocycles. The number of furan rings is 1. The van der Waals surface area contributed by atoms with E-state index in [4.69, 9.17) is 9.40 Å². The molecule has 4 heteroatoms. The number of fused-ring (bicyclic) bond motifs is 6. The third-order valence-corrected chi connectivity index (χ3v) is 12.1. The first-order valence-corrected chi connectivity index (χ1v) is 20.0. The molecule has 9 aromatic carbocycles. The summed E-state index contributed by atoms with van der Waals surface area (Å²) in [5.41, 5.74) is 14.2. The highest BCUT2D eigenvalue weighted by atomic mass is 32.1. The van der Waals surface area contributed by atoms with Gasteiger partial charge in [0.1, 0.15) is 16.2 Å². The van der Waals surface area contributed by atoms with Gasteiger partial charge in [-0.15, -0.1) is 11.3 Å². The lowest BCUT2D eigenvalue weighted by atomic mass is 9.96. The topological polar surface area (TPSA) is 29.3 Å². The molecule has 0 fully saturated rings. The zero-order valence-corrected chi connectivity index (χ0v) is 31.7. The third kappa shape index (κ3) is 5.86. The zero-order valence-electron chi connectivity index (χ0n) is 30.8. The Bertz CT molecular complexity index is 3210. The van der Waals surface area contributed by atoms with E-state index in [0.29, 0.717) is 0 Å². The normalized spacial score (nSPS) is 11.5. The molecule has 0 spiro atoms. The van der Waals surface area contributed by atoms with Crippen LogP contribution in [0.25, 0.3) is 86.9 Å². The van der Waals surface area contributed by atoms with Crippen molar-refractivity contribution in [2.75, 3.05) is 4.90 Å². The summed E-state index contributed by atoms with van der Waals surface area (Å²) in [7, 11) is 0. The predicted molar refractivity (Wildman–Crippen MR) is 241 cm³/mol. The minimum absolute atomic E-state index is 0.877. The fourth-order valence-electron chi connectivity index (χ4n) is 8.15. The van der Waals surface area contributed by atoms with E-state index in [2.05, 4.69) is 205 Å². The molecule has 11 rings (SSSR count). The number of thiazole rings is 1. The summed E-state index contributed by atoms with van der Waals surface area (Å²) in [5, 5.41) is 5.69. The second-order valence-corrected chi connectivity index (χ2v) is 15.3. The molecular weight excluding hydrogens is 713 g/mol. The van der Waals surface area contributed by atoms with Gasteiger partial charge in [0, 0.05) is 33.3 Å². The molecule has 0 unspecified atom stereocenters. The van der Waals surface area contributed by atoms with E-state index < -0.39 is 0 Å². The highest BCUT2D eigenvalue weighted by Crippen LogP contribution is 2.45. The molecule has 0 aliphatic carbocycles. The average Bonchev–Trinajstić information content (AvgIpc) is 3.89. The van der Waals surface area contributed by atoms with E-state index >= 15 is 0 Å². The van der Waals surface area contributed by atoms with Crippen molar-refractivity contribution in [1.29, 1.82) is 0 Å². The van der Waals surface area contributed by atoms with E-state index in [9.17, 15) is 0 Å². The van der Waals surface area contributed by atoms with Gasteiger partial charge in [0.2, 0.25) is 0 Å². The smallest absolute Gasteiger partial charge is 0.137 e. The number of anilines is 3. The standard InChI is InChI=1S/C53H34N2OS/c1-3-12-35(13-4-1)36-22-27-41(28-23-36)55(48-21-10-9-19-45(48)44-20-11-17-38-14-7-8-18-43(38)44)42-29-24-37(25-30-42)40-26-32-49-46(34-40)51-50(56-49)33-31-47-52(51)57-53(54-47)39-15-5-2-6-16-39/h1-34H. The van der Waals surface area contributed by atoms with Crippen LogP contribution < -0.4 is 4.90 Å². The fourth-order valence-corrected chi connectivity index (χ4v) is 9.27. The van der Waals surface area contributed by atoms with E-state index in [1.807, 2.05) is 6.07 Å². The number of nitrogens with zero attached hydrogens (tertiary/aromatic N) is 2. The summed E-state index contributed by atoms with van der Waals surface area (Å²) < 4.78 is 7.55.